The van der Waals surface area contributed by atoms with Crippen LogP contribution < -0.4 is 5.73 Å². The topological polar surface area (TPSA) is 63.3 Å². The average Bonchev–Trinajstić information content (AvgIpc) is 1.99. The normalized spacial score (nSPS) is 9.08. The quantitative estimate of drug-likeness (QED) is 0.721. The summed E-state index contributed by atoms with van der Waals surface area (Å²) >= 11 is 5.43. The van der Waals surface area contributed by atoms with Gasteiger partial charge in [-0.25, -0.2) is 9.18 Å². The Morgan fingerprint density at radius 2 is 2.08 bits per heavy atom. The Morgan fingerprint density at radius 3 is 2.46 bits per heavy atom. The SMILES string of the molecule is Cl.Nc1c(F)cc(C(=O)O)cc1Cl. The first-order valence-corrected chi connectivity index (χ1v) is 3.38. The summed E-state index contributed by atoms with van der Waals surface area (Å²) in [6.07, 6.45) is 0. The Labute approximate surface area is 84.7 Å². The van der Waals surface area contributed by atoms with Crippen molar-refractivity contribution in [3.05, 3.63) is 28.5 Å². The smallest absolute Gasteiger partial charge is 0.335 e. The van der Waals surface area contributed by atoms with Crippen LogP contribution in [0.1, 0.15) is 10.4 Å². The summed E-state index contributed by atoms with van der Waals surface area (Å²) in [5.41, 5.74) is 4.70. The molecule has 0 saturated heterocycles. The fraction of sp³-hybridized carbons (Fsp3) is 0. The molecule has 0 spiro atoms. The number of carboxylic acids is 1. The Balaban J connectivity index is 0.00000144. The van der Waals surface area contributed by atoms with E-state index in [4.69, 9.17) is 22.4 Å². The van der Waals surface area contributed by atoms with E-state index in [2.05, 4.69) is 0 Å². The van der Waals surface area contributed by atoms with Gasteiger partial charge in [-0.05, 0) is 12.1 Å². The van der Waals surface area contributed by atoms with Gasteiger partial charge in [-0.1, -0.05) is 11.6 Å². The molecule has 1 aromatic rings. The summed E-state index contributed by atoms with van der Waals surface area (Å²) in [7, 11) is 0. The number of anilines is 1. The fourth-order valence-corrected chi connectivity index (χ4v) is 0.916. The molecule has 0 unspecified atom stereocenters. The van der Waals surface area contributed by atoms with E-state index in [1.54, 1.807) is 0 Å². The number of rotatable bonds is 1. The minimum Gasteiger partial charge on any atom is -0.478 e. The predicted molar refractivity (Wildman–Crippen MR) is 50.0 cm³/mol. The van der Waals surface area contributed by atoms with E-state index in [0.717, 1.165) is 12.1 Å². The molecule has 0 heterocycles. The second kappa shape index (κ2) is 4.30. The highest BCUT2D eigenvalue weighted by Gasteiger charge is 2.10. The van der Waals surface area contributed by atoms with Crippen molar-refractivity contribution in [3.8, 4) is 0 Å². The van der Waals surface area contributed by atoms with E-state index < -0.39 is 11.8 Å². The molecule has 1 rings (SSSR count). The number of carbonyl (C=O) groups is 1. The highest BCUT2D eigenvalue weighted by Crippen LogP contribution is 2.23. The number of benzene rings is 1. The minimum atomic E-state index is -1.24. The summed E-state index contributed by atoms with van der Waals surface area (Å²) in [6, 6.07) is 1.92. The fourth-order valence-electron chi connectivity index (χ4n) is 0.708. The summed E-state index contributed by atoms with van der Waals surface area (Å²) in [5.74, 6) is -2.06. The monoisotopic (exact) mass is 225 g/mol. The Kier molecular flexibility index (Phi) is 3.97. The number of halogens is 3. The number of nitrogen functional groups attached to an aromatic ring is 1. The molecule has 0 aliphatic heterocycles. The van der Waals surface area contributed by atoms with Crippen molar-refractivity contribution in [3.63, 3.8) is 0 Å². The van der Waals surface area contributed by atoms with Crippen molar-refractivity contribution < 1.29 is 14.3 Å². The van der Waals surface area contributed by atoms with Crippen LogP contribution in [0.5, 0.6) is 0 Å². The third kappa shape index (κ3) is 2.47. The highest BCUT2D eigenvalue weighted by atomic mass is 35.5. The minimum absolute atomic E-state index is 0. The van der Waals surface area contributed by atoms with Gasteiger partial charge in [0.1, 0.15) is 5.82 Å². The van der Waals surface area contributed by atoms with Crippen LogP contribution >= 0.6 is 24.0 Å². The zero-order chi connectivity index (χ0) is 9.30. The van der Waals surface area contributed by atoms with Gasteiger partial charge in [-0.15, -0.1) is 12.4 Å². The van der Waals surface area contributed by atoms with Crippen molar-refractivity contribution in [2.45, 2.75) is 0 Å². The molecule has 3 N–H and O–H groups in total. The molecule has 3 nitrogen and oxygen atoms in total. The maximum Gasteiger partial charge on any atom is 0.335 e. The first-order chi connectivity index (χ1) is 5.52. The van der Waals surface area contributed by atoms with E-state index in [-0.39, 0.29) is 28.7 Å². The lowest BCUT2D eigenvalue weighted by atomic mass is 10.2. The van der Waals surface area contributed by atoms with Gasteiger partial charge in [0.2, 0.25) is 0 Å². The third-order valence-electron chi connectivity index (χ3n) is 1.33. The van der Waals surface area contributed by atoms with Crippen LogP contribution in [-0.2, 0) is 0 Å². The van der Waals surface area contributed by atoms with Gasteiger partial charge in [-0.3, -0.25) is 0 Å². The second-order valence-corrected chi connectivity index (χ2v) is 2.57. The van der Waals surface area contributed by atoms with E-state index >= 15 is 0 Å². The summed E-state index contributed by atoms with van der Waals surface area (Å²) in [5, 5.41) is 8.37. The number of carboxylic acid groups (broad SMARTS) is 1. The van der Waals surface area contributed by atoms with Gasteiger partial charge < -0.3 is 10.8 Å². The molecule has 0 aromatic heterocycles. The standard InChI is InChI=1S/C7H5ClFNO2.ClH/c8-4-1-3(7(11)12)2-5(9)6(4)10;/h1-2H,10H2,(H,11,12);1H. The van der Waals surface area contributed by atoms with Gasteiger partial charge in [0.25, 0.3) is 0 Å². The maximum absolute atomic E-state index is 12.7. The molecule has 0 amide bonds. The number of hydrogen-bond acceptors (Lipinski definition) is 2. The van der Waals surface area contributed by atoms with Gasteiger partial charge in [0, 0.05) is 0 Å². The molecule has 0 atom stereocenters. The molecule has 72 valence electrons. The van der Waals surface area contributed by atoms with E-state index in [1.807, 2.05) is 0 Å². The Bertz CT molecular complexity index is 320. The molecule has 6 heteroatoms. The van der Waals surface area contributed by atoms with Crippen LogP contribution in [0.3, 0.4) is 0 Å². The van der Waals surface area contributed by atoms with Crippen molar-refractivity contribution in [1.29, 1.82) is 0 Å². The Morgan fingerprint density at radius 1 is 1.54 bits per heavy atom. The van der Waals surface area contributed by atoms with Crippen LogP contribution in [0.15, 0.2) is 12.1 Å². The molecule has 13 heavy (non-hydrogen) atoms. The number of aromatic carboxylic acids is 1. The van der Waals surface area contributed by atoms with Gasteiger partial charge in [0.05, 0.1) is 16.3 Å². The molecule has 1 aromatic carbocycles. The zero-order valence-electron chi connectivity index (χ0n) is 6.25. The van der Waals surface area contributed by atoms with E-state index in [0.29, 0.717) is 0 Å². The third-order valence-corrected chi connectivity index (χ3v) is 1.64. The number of nitrogens with two attached hydrogens (primary N) is 1. The first kappa shape index (κ1) is 12.0. The van der Waals surface area contributed by atoms with E-state index in [1.165, 1.54) is 0 Å². The lowest BCUT2D eigenvalue weighted by molar-refractivity contribution is 0.0696. The predicted octanol–water partition coefficient (Wildman–Crippen LogP) is 2.18. The van der Waals surface area contributed by atoms with Crippen molar-refractivity contribution >= 4 is 35.7 Å². The van der Waals surface area contributed by atoms with Crippen molar-refractivity contribution in [1.82, 2.24) is 0 Å². The van der Waals surface area contributed by atoms with Gasteiger partial charge in [-0.2, -0.15) is 0 Å². The molecule has 0 aliphatic carbocycles. The Hall–Kier alpha value is -1.00. The molecular formula is C7H6Cl2FNO2. The van der Waals surface area contributed by atoms with E-state index in [9.17, 15) is 9.18 Å². The van der Waals surface area contributed by atoms with Crippen LogP contribution in [0.25, 0.3) is 0 Å². The molecule has 0 fully saturated rings. The number of hydrogen-bond donors (Lipinski definition) is 2. The van der Waals surface area contributed by atoms with Crippen LogP contribution in [0.2, 0.25) is 5.02 Å². The van der Waals surface area contributed by atoms with Gasteiger partial charge in [0.15, 0.2) is 0 Å². The zero-order valence-corrected chi connectivity index (χ0v) is 7.82. The van der Waals surface area contributed by atoms with Crippen LogP contribution in [0.4, 0.5) is 10.1 Å². The average molecular weight is 226 g/mol. The second-order valence-electron chi connectivity index (χ2n) is 2.16. The first-order valence-electron chi connectivity index (χ1n) is 3.00. The molecular weight excluding hydrogens is 220 g/mol. The van der Waals surface area contributed by atoms with Crippen molar-refractivity contribution in [2.75, 3.05) is 5.73 Å². The lowest BCUT2D eigenvalue weighted by Gasteiger charge is -2.00. The molecule has 0 bridgehead atoms. The summed E-state index contributed by atoms with van der Waals surface area (Å²) in [4.78, 5) is 10.4. The van der Waals surface area contributed by atoms with Crippen LogP contribution in [-0.4, -0.2) is 11.1 Å². The maximum atomic E-state index is 12.7. The molecule has 0 radical (unpaired) electrons. The lowest BCUT2D eigenvalue weighted by Crippen LogP contribution is -2.00. The summed E-state index contributed by atoms with van der Waals surface area (Å²) < 4.78 is 12.7. The summed E-state index contributed by atoms with van der Waals surface area (Å²) in [6.45, 7) is 0. The molecule has 0 saturated carbocycles. The van der Waals surface area contributed by atoms with Gasteiger partial charge >= 0.3 is 5.97 Å². The largest absolute Gasteiger partial charge is 0.478 e. The molecule has 0 aliphatic rings. The van der Waals surface area contributed by atoms with Crippen LogP contribution in [0, 0.1) is 5.82 Å². The highest BCUT2D eigenvalue weighted by molar-refractivity contribution is 6.33. The van der Waals surface area contributed by atoms with Crippen molar-refractivity contribution in [2.24, 2.45) is 0 Å².